The van der Waals surface area contributed by atoms with Crippen molar-refractivity contribution >= 4 is 46.5 Å². The van der Waals surface area contributed by atoms with E-state index in [4.69, 9.17) is 11.6 Å². The van der Waals surface area contributed by atoms with E-state index in [9.17, 15) is 25.5 Å². The van der Waals surface area contributed by atoms with Crippen LogP contribution in [0, 0.1) is 22.7 Å². The molecular formula is C23H23ClN10O3. The molecule has 190 valence electrons. The van der Waals surface area contributed by atoms with Gasteiger partial charge in [0, 0.05) is 26.2 Å². The Kier molecular flexibility index (Phi) is 6.33. The SMILES string of the molecule is CN(C(=O)O)[C@H]1CCN(c2cc(C#N)cc(Nc3nc(NC4CC4)c4ncc(C#N)n4n3)c2Cl)C[C@@H]1O. The monoisotopic (exact) mass is 522 g/mol. The van der Waals surface area contributed by atoms with Gasteiger partial charge in [0.05, 0.1) is 46.4 Å². The van der Waals surface area contributed by atoms with Gasteiger partial charge in [0.25, 0.3) is 0 Å². The van der Waals surface area contributed by atoms with Crippen molar-refractivity contribution in [2.24, 2.45) is 0 Å². The lowest BCUT2D eigenvalue weighted by atomic mass is 9.99. The molecule has 13 nitrogen and oxygen atoms in total. The summed E-state index contributed by atoms with van der Waals surface area (Å²) in [5, 5.41) is 50.1. The number of aliphatic hydroxyl groups is 1. The van der Waals surface area contributed by atoms with Gasteiger partial charge in [0.15, 0.2) is 17.2 Å². The van der Waals surface area contributed by atoms with Crippen molar-refractivity contribution in [3.05, 3.63) is 34.6 Å². The van der Waals surface area contributed by atoms with Gasteiger partial charge in [0.1, 0.15) is 6.07 Å². The third-order valence-corrected chi connectivity index (χ3v) is 6.91. The van der Waals surface area contributed by atoms with E-state index in [0.29, 0.717) is 41.4 Å². The third kappa shape index (κ3) is 4.74. The second-order valence-corrected chi connectivity index (χ2v) is 9.43. The minimum absolute atomic E-state index is 0.134. The second kappa shape index (κ2) is 9.61. The van der Waals surface area contributed by atoms with Crippen molar-refractivity contribution in [1.29, 1.82) is 10.5 Å². The van der Waals surface area contributed by atoms with Gasteiger partial charge in [-0.25, -0.2) is 9.78 Å². The summed E-state index contributed by atoms with van der Waals surface area (Å²) < 4.78 is 1.39. The molecule has 4 N–H and O–H groups in total. The fourth-order valence-electron chi connectivity index (χ4n) is 4.38. The van der Waals surface area contributed by atoms with Gasteiger partial charge in [-0.2, -0.15) is 20.0 Å². The Balaban J connectivity index is 1.47. The van der Waals surface area contributed by atoms with Crippen LogP contribution in [-0.4, -0.2) is 79.1 Å². The maximum absolute atomic E-state index is 11.3. The summed E-state index contributed by atoms with van der Waals surface area (Å²) in [6.45, 7) is 0.556. The number of piperidine rings is 1. The van der Waals surface area contributed by atoms with Gasteiger partial charge in [-0.15, -0.1) is 5.10 Å². The van der Waals surface area contributed by atoms with Crippen molar-refractivity contribution in [1.82, 2.24) is 24.5 Å². The first-order valence-electron chi connectivity index (χ1n) is 11.6. The number of nitriles is 2. The van der Waals surface area contributed by atoms with Crippen LogP contribution in [-0.2, 0) is 0 Å². The number of β-amino-alcohol motifs (C(OH)–C–C–N with tert-alkyl or cyclic N) is 1. The van der Waals surface area contributed by atoms with E-state index in [1.165, 1.54) is 17.8 Å². The zero-order valence-corrected chi connectivity index (χ0v) is 20.5. The molecule has 2 atom stereocenters. The number of likely N-dealkylation sites (N-methyl/N-ethyl adjacent to an activating group) is 1. The number of carbonyl (C=O) groups is 1. The van der Waals surface area contributed by atoms with Gasteiger partial charge in [-0.1, -0.05) is 11.6 Å². The summed E-state index contributed by atoms with van der Waals surface area (Å²) in [6, 6.07) is 7.09. The van der Waals surface area contributed by atoms with Gasteiger partial charge < -0.3 is 30.6 Å². The van der Waals surface area contributed by atoms with E-state index >= 15 is 0 Å². The Bertz CT molecular complexity index is 1460. The number of aliphatic hydroxyl groups excluding tert-OH is 1. The largest absolute Gasteiger partial charge is 0.465 e. The third-order valence-electron chi connectivity index (χ3n) is 6.51. The molecule has 1 aliphatic heterocycles. The fraction of sp³-hybridized carbons (Fsp3) is 0.391. The van der Waals surface area contributed by atoms with Crippen molar-refractivity contribution in [3.8, 4) is 12.1 Å². The van der Waals surface area contributed by atoms with Gasteiger partial charge >= 0.3 is 6.09 Å². The Hall–Kier alpha value is -4.33. The molecule has 2 fully saturated rings. The molecule has 2 aromatic heterocycles. The number of hydrogen-bond donors (Lipinski definition) is 4. The molecule has 37 heavy (non-hydrogen) atoms. The number of nitrogens with one attached hydrogen (secondary N) is 2. The predicted molar refractivity (Wildman–Crippen MR) is 134 cm³/mol. The number of rotatable bonds is 6. The van der Waals surface area contributed by atoms with Crippen molar-refractivity contribution in [3.63, 3.8) is 0 Å². The highest BCUT2D eigenvalue weighted by molar-refractivity contribution is 6.36. The molecule has 0 spiro atoms. The van der Waals surface area contributed by atoms with Crippen LogP contribution in [0.5, 0.6) is 0 Å². The second-order valence-electron chi connectivity index (χ2n) is 9.05. The molecule has 3 aromatic rings. The van der Waals surface area contributed by atoms with E-state index in [0.717, 1.165) is 17.7 Å². The number of carboxylic acid groups (broad SMARTS) is 1. The molecule has 1 aliphatic carbocycles. The Labute approximate surface area is 216 Å². The molecule has 0 unspecified atom stereocenters. The first-order chi connectivity index (χ1) is 17.8. The number of aromatic nitrogens is 4. The van der Waals surface area contributed by atoms with Crippen LogP contribution in [0.3, 0.4) is 0 Å². The lowest BCUT2D eigenvalue weighted by Gasteiger charge is -2.40. The quantitative estimate of drug-likeness (QED) is 0.373. The van der Waals surface area contributed by atoms with E-state index in [1.807, 2.05) is 4.90 Å². The highest BCUT2D eigenvalue weighted by Gasteiger charge is 2.34. The van der Waals surface area contributed by atoms with E-state index in [1.54, 1.807) is 12.1 Å². The molecule has 0 bridgehead atoms. The number of amides is 1. The first kappa shape index (κ1) is 24.4. The number of benzene rings is 1. The van der Waals surface area contributed by atoms with Crippen molar-refractivity contribution in [2.75, 3.05) is 35.7 Å². The lowest BCUT2D eigenvalue weighted by molar-refractivity contribution is 0.0497. The molecule has 0 radical (unpaired) electrons. The molecule has 2 aliphatic rings. The topological polar surface area (TPSA) is 179 Å². The normalized spacial score (nSPS) is 19.2. The zero-order valence-electron chi connectivity index (χ0n) is 19.8. The van der Waals surface area contributed by atoms with Crippen LogP contribution in [0.25, 0.3) is 5.65 Å². The maximum atomic E-state index is 11.3. The maximum Gasteiger partial charge on any atom is 0.407 e. The van der Waals surface area contributed by atoms with Crippen LogP contribution in [0.4, 0.5) is 27.9 Å². The van der Waals surface area contributed by atoms with Crippen LogP contribution in [0.1, 0.15) is 30.5 Å². The fourth-order valence-corrected chi connectivity index (χ4v) is 4.65. The first-order valence-corrected chi connectivity index (χ1v) is 12.0. The predicted octanol–water partition coefficient (Wildman–Crippen LogP) is 2.39. The Morgan fingerprint density at radius 3 is 2.70 bits per heavy atom. The highest BCUT2D eigenvalue weighted by atomic mass is 35.5. The van der Waals surface area contributed by atoms with Crippen LogP contribution in [0.15, 0.2) is 18.3 Å². The molecule has 3 heterocycles. The summed E-state index contributed by atoms with van der Waals surface area (Å²) in [4.78, 5) is 23.1. The Morgan fingerprint density at radius 2 is 2.05 bits per heavy atom. The number of anilines is 4. The van der Waals surface area contributed by atoms with Gasteiger partial charge in [0.2, 0.25) is 5.95 Å². The van der Waals surface area contributed by atoms with Crippen LogP contribution < -0.4 is 15.5 Å². The molecular weight excluding hydrogens is 500 g/mol. The van der Waals surface area contributed by atoms with E-state index in [2.05, 4.69) is 37.8 Å². The zero-order chi connectivity index (χ0) is 26.3. The minimum Gasteiger partial charge on any atom is -0.465 e. The van der Waals surface area contributed by atoms with Crippen LogP contribution in [0.2, 0.25) is 5.02 Å². The average molecular weight is 523 g/mol. The highest BCUT2D eigenvalue weighted by Crippen LogP contribution is 2.37. The summed E-state index contributed by atoms with van der Waals surface area (Å²) in [7, 11) is 1.43. The summed E-state index contributed by atoms with van der Waals surface area (Å²) in [6.07, 6.45) is 1.76. The lowest BCUT2D eigenvalue weighted by Crippen LogP contribution is -2.54. The summed E-state index contributed by atoms with van der Waals surface area (Å²) >= 11 is 6.77. The van der Waals surface area contributed by atoms with Crippen molar-refractivity contribution in [2.45, 2.75) is 37.5 Å². The average Bonchev–Trinajstić information content (AvgIpc) is 3.60. The molecule has 14 heteroatoms. The number of nitrogens with zero attached hydrogens (tertiary/aromatic N) is 8. The summed E-state index contributed by atoms with van der Waals surface area (Å²) in [5.74, 6) is 0.622. The molecule has 1 aromatic carbocycles. The Morgan fingerprint density at radius 1 is 1.27 bits per heavy atom. The van der Waals surface area contributed by atoms with Gasteiger partial charge in [-0.05, 0) is 31.4 Å². The molecule has 5 rings (SSSR count). The van der Waals surface area contributed by atoms with Crippen LogP contribution >= 0.6 is 11.6 Å². The number of halogens is 1. The summed E-state index contributed by atoms with van der Waals surface area (Å²) in [5.41, 5.74) is 1.86. The van der Waals surface area contributed by atoms with Crippen molar-refractivity contribution < 1.29 is 15.0 Å². The number of fused-ring (bicyclic) bond motifs is 1. The standard InChI is InChI=1S/C23H23ClN10O3/c1-32(23(36)37)16-4-5-33(11-18(16)35)17-7-12(8-25)6-15(19(17)24)29-22-30-20(28-13-2-3-13)21-27-10-14(9-26)34(21)31-22/h6-7,10,13,16,18,35H,2-5,11H2,1H3,(H,36,37)(H2,28,29,30,31)/t16-,18-/m0/s1. The molecule has 1 saturated carbocycles. The number of imidazole rings is 1. The number of hydrogen-bond acceptors (Lipinski definition) is 10. The minimum atomic E-state index is -1.11. The van der Waals surface area contributed by atoms with E-state index < -0.39 is 18.2 Å². The molecule has 1 amide bonds. The van der Waals surface area contributed by atoms with E-state index in [-0.39, 0.29) is 29.3 Å². The molecule has 1 saturated heterocycles. The van der Waals surface area contributed by atoms with Gasteiger partial charge in [-0.3, -0.25) is 0 Å². The smallest absolute Gasteiger partial charge is 0.407 e.